The van der Waals surface area contributed by atoms with Gasteiger partial charge in [-0.15, -0.1) is 0 Å². The predicted octanol–water partition coefficient (Wildman–Crippen LogP) is 3.83. The number of carbonyl (C=O) groups excluding carboxylic acids is 1. The summed E-state index contributed by atoms with van der Waals surface area (Å²) in [6.45, 7) is 3.84. The lowest BCUT2D eigenvalue weighted by Gasteiger charge is -2.47. The molecule has 6 nitrogen and oxygen atoms in total. The average molecular weight is 475 g/mol. The van der Waals surface area contributed by atoms with Gasteiger partial charge in [-0.25, -0.2) is 0 Å². The summed E-state index contributed by atoms with van der Waals surface area (Å²) in [5.41, 5.74) is 1.49. The summed E-state index contributed by atoms with van der Waals surface area (Å²) in [6.07, 6.45) is -0.898. The van der Waals surface area contributed by atoms with Crippen LogP contribution in [0.2, 0.25) is 0 Å². The van der Waals surface area contributed by atoms with E-state index in [1.54, 1.807) is 0 Å². The van der Waals surface area contributed by atoms with Gasteiger partial charge in [-0.05, 0) is 16.7 Å². The van der Waals surface area contributed by atoms with E-state index in [1.165, 1.54) is 13.5 Å². The SMILES string of the molecule is CC(=O)N[C@H]1[C@H](OCc2ccccc2)[C@@H](COCc2ccccc2)O[CH][C@@]1(O)Cc1ccccc1. The first-order valence-corrected chi connectivity index (χ1v) is 11.8. The van der Waals surface area contributed by atoms with Crippen molar-refractivity contribution in [2.75, 3.05) is 6.61 Å². The van der Waals surface area contributed by atoms with E-state index in [0.29, 0.717) is 13.2 Å². The Labute approximate surface area is 206 Å². The third kappa shape index (κ3) is 6.99. The lowest BCUT2D eigenvalue weighted by Crippen LogP contribution is -2.67. The van der Waals surface area contributed by atoms with E-state index in [-0.39, 0.29) is 18.9 Å². The fourth-order valence-corrected chi connectivity index (χ4v) is 4.33. The highest BCUT2D eigenvalue weighted by Gasteiger charge is 2.51. The van der Waals surface area contributed by atoms with Gasteiger partial charge in [0, 0.05) is 13.3 Å². The van der Waals surface area contributed by atoms with E-state index >= 15 is 0 Å². The molecule has 0 saturated carbocycles. The zero-order valence-corrected chi connectivity index (χ0v) is 19.9. The maximum absolute atomic E-state index is 12.2. The molecule has 183 valence electrons. The minimum absolute atomic E-state index is 0.238. The molecule has 3 aromatic carbocycles. The van der Waals surface area contributed by atoms with Gasteiger partial charge in [-0.3, -0.25) is 4.79 Å². The number of benzene rings is 3. The Morgan fingerprint density at radius 2 is 1.43 bits per heavy atom. The highest BCUT2D eigenvalue weighted by Crippen LogP contribution is 2.33. The summed E-state index contributed by atoms with van der Waals surface area (Å²) in [4.78, 5) is 12.2. The van der Waals surface area contributed by atoms with Crippen LogP contribution in [-0.2, 0) is 38.6 Å². The Bertz CT molecular complexity index is 1050. The number of amides is 1. The van der Waals surface area contributed by atoms with Crippen molar-refractivity contribution < 1.29 is 24.1 Å². The fourth-order valence-electron chi connectivity index (χ4n) is 4.33. The third-order valence-electron chi connectivity index (χ3n) is 6.05. The normalized spacial score (nSPS) is 24.1. The molecule has 1 radical (unpaired) electrons. The molecule has 0 unspecified atom stereocenters. The molecule has 0 bridgehead atoms. The largest absolute Gasteiger partial charge is 0.384 e. The number of nitrogens with one attached hydrogen (secondary N) is 1. The monoisotopic (exact) mass is 474 g/mol. The molecule has 4 rings (SSSR count). The van der Waals surface area contributed by atoms with Gasteiger partial charge in [0.1, 0.15) is 24.4 Å². The molecule has 35 heavy (non-hydrogen) atoms. The van der Waals surface area contributed by atoms with E-state index in [0.717, 1.165) is 16.7 Å². The lowest BCUT2D eigenvalue weighted by atomic mass is 9.81. The second-order valence-corrected chi connectivity index (χ2v) is 8.89. The van der Waals surface area contributed by atoms with Gasteiger partial charge in [0.05, 0.1) is 25.9 Å². The van der Waals surface area contributed by atoms with Gasteiger partial charge in [-0.1, -0.05) is 91.0 Å². The Morgan fingerprint density at radius 3 is 2.00 bits per heavy atom. The van der Waals surface area contributed by atoms with Crippen molar-refractivity contribution >= 4 is 5.91 Å². The minimum atomic E-state index is -1.47. The van der Waals surface area contributed by atoms with Gasteiger partial charge < -0.3 is 24.6 Å². The summed E-state index contributed by atoms with van der Waals surface area (Å²) in [6, 6.07) is 28.6. The first kappa shape index (κ1) is 25.1. The first-order valence-electron chi connectivity index (χ1n) is 11.8. The van der Waals surface area contributed by atoms with Crippen LogP contribution >= 0.6 is 0 Å². The summed E-state index contributed by atoms with van der Waals surface area (Å²) >= 11 is 0. The molecule has 4 atom stereocenters. The predicted molar refractivity (Wildman–Crippen MR) is 133 cm³/mol. The molecule has 0 spiro atoms. The number of hydrogen-bond donors (Lipinski definition) is 2. The number of ether oxygens (including phenoxy) is 3. The van der Waals surface area contributed by atoms with Crippen LogP contribution in [0.5, 0.6) is 0 Å². The second-order valence-electron chi connectivity index (χ2n) is 8.89. The highest BCUT2D eigenvalue weighted by atomic mass is 16.6. The average Bonchev–Trinajstić information content (AvgIpc) is 2.87. The zero-order valence-electron chi connectivity index (χ0n) is 19.9. The van der Waals surface area contributed by atoms with Crippen molar-refractivity contribution in [1.82, 2.24) is 5.32 Å². The van der Waals surface area contributed by atoms with Gasteiger partial charge in [0.25, 0.3) is 0 Å². The van der Waals surface area contributed by atoms with Gasteiger partial charge in [0.15, 0.2) is 0 Å². The van der Waals surface area contributed by atoms with Gasteiger partial charge in [-0.2, -0.15) is 0 Å². The molecule has 2 N–H and O–H groups in total. The Balaban J connectivity index is 1.54. The molecule has 0 aliphatic carbocycles. The molecule has 1 aliphatic heterocycles. The van der Waals surface area contributed by atoms with Gasteiger partial charge >= 0.3 is 0 Å². The van der Waals surface area contributed by atoms with Crippen molar-refractivity contribution in [2.24, 2.45) is 0 Å². The Kier molecular flexibility index (Phi) is 8.66. The van der Waals surface area contributed by atoms with Crippen LogP contribution in [0.3, 0.4) is 0 Å². The number of aliphatic hydroxyl groups is 1. The number of rotatable bonds is 10. The molecule has 0 aromatic heterocycles. The highest BCUT2D eigenvalue weighted by molar-refractivity contribution is 5.73. The Morgan fingerprint density at radius 1 is 0.886 bits per heavy atom. The van der Waals surface area contributed by atoms with Crippen LogP contribution in [0.15, 0.2) is 91.0 Å². The Hall–Kier alpha value is -3.03. The maximum atomic E-state index is 12.2. The van der Waals surface area contributed by atoms with Crippen molar-refractivity contribution in [3.63, 3.8) is 0 Å². The summed E-state index contributed by atoms with van der Waals surface area (Å²) in [5, 5.41) is 14.6. The first-order chi connectivity index (χ1) is 17.0. The topological polar surface area (TPSA) is 77.0 Å². The van der Waals surface area contributed by atoms with Crippen LogP contribution in [0.25, 0.3) is 0 Å². The maximum Gasteiger partial charge on any atom is 0.217 e. The summed E-state index contributed by atoms with van der Waals surface area (Å²) in [7, 11) is 0. The smallest absolute Gasteiger partial charge is 0.217 e. The molecule has 1 saturated heterocycles. The molecular weight excluding hydrogens is 442 g/mol. The van der Waals surface area contributed by atoms with Crippen molar-refractivity contribution in [1.29, 1.82) is 0 Å². The molecule has 1 heterocycles. The van der Waals surface area contributed by atoms with E-state index in [4.69, 9.17) is 14.2 Å². The van der Waals surface area contributed by atoms with Gasteiger partial charge in [0.2, 0.25) is 5.91 Å². The zero-order chi connectivity index (χ0) is 24.5. The van der Waals surface area contributed by atoms with Crippen molar-refractivity contribution in [3.05, 3.63) is 114 Å². The van der Waals surface area contributed by atoms with Crippen LogP contribution in [-0.4, -0.2) is 41.5 Å². The molecule has 3 aromatic rings. The van der Waals surface area contributed by atoms with E-state index in [2.05, 4.69) is 5.32 Å². The summed E-state index contributed by atoms with van der Waals surface area (Å²) < 4.78 is 18.3. The number of carbonyl (C=O) groups is 1. The molecule has 1 amide bonds. The van der Waals surface area contributed by atoms with Crippen molar-refractivity contribution in [3.8, 4) is 0 Å². The fraction of sp³-hybridized carbons (Fsp3) is 0.310. The standard InChI is InChI=1S/C29H32NO5/c1-22(31)30-28-27(34-19-25-15-9-4-10-16-25)26(20-33-18-24-13-7-3-8-14-24)35-21-29(28,32)17-23-11-5-2-6-12-23/h2-16,21,26-28,32H,17-20H2,1H3,(H,30,31)/t26-,27-,28+,29+/m1/s1. The molecular formula is C29H32NO5. The van der Waals surface area contributed by atoms with E-state index < -0.39 is 23.9 Å². The third-order valence-corrected chi connectivity index (χ3v) is 6.05. The summed E-state index contributed by atoms with van der Waals surface area (Å²) in [5.74, 6) is -0.256. The van der Waals surface area contributed by atoms with Crippen LogP contribution in [0.1, 0.15) is 23.6 Å². The quantitative estimate of drug-likeness (QED) is 0.467. The second kappa shape index (κ2) is 12.1. The van der Waals surface area contributed by atoms with Crippen molar-refractivity contribution in [2.45, 2.75) is 50.4 Å². The molecule has 1 fully saturated rings. The lowest BCUT2D eigenvalue weighted by molar-refractivity contribution is -0.193. The molecule has 1 aliphatic rings. The molecule has 6 heteroatoms. The van der Waals surface area contributed by atoms with Crippen LogP contribution in [0, 0.1) is 6.61 Å². The minimum Gasteiger partial charge on any atom is -0.384 e. The van der Waals surface area contributed by atoms with E-state index in [9.17, 15) is 9.90 Å². The van der Waals surface area contributed by atoms with Crippen LogP contribution in [0.4, 0.5) is 0 Å². The van der Waals surface area contributed by atoms with E-state index in [1.807, 2.05) is 91.0 Å². The number of hydrogen-bond acceptors (Lipinski definition) is 5. The van der Waals surface area contributed by atoms with Crippen LogP contribution < -0.4 is 5.32 Å².